The van der Waals surface area contributed by atoms with Gasteiger partial charge in [0.1, 0.15) is 23.3 Å². The molecule has 3 amide bonds. The number of nitrogens with one attached hydrogen (secondary N) is 2. The van der Waals surface area contributed by atoms with Crippen molar-refractivity contribution in [2.24, 2.45) is 11.7 Å². The third-order valence-corrected chi connectivity index (χ3v) is 12.2. The van der Waals surface area contributed by atoms with Crippen molar-refractivity contribution in [1.29, 1.82) is 0 Å². The maximum atomic E-state index is 14.2. The van der Waals surface area contributed by atoms with Crippen LogP contribution in [0.1, 0.15) is 57.8 Å². The van der Waals surface area contributed by atoms with E-state index < -0.39 is 56.7 Å². The first-order valence-corrected chi connectivity index (χ1v) is 19.2. The topological polar surface area (TPSA) is 187 Å². The number of carbonyl (C=O) groups is 3. The van der Waals surface area contributed by atoms with Crippen molar-refractivity contribution in [3.05, 3.63) is 66.7 Å². The van der Waals surface area contributed by atoms with Gasteiger partial charge in [-0.05, 0) is 62.8 Å². The molecule has 8 rings (SSSR count). The summed E-state index contributed by atoms with van der Waals surface area (Å²) in [4.78, 5) is 52.8. The SMILES string of the molecule is Cl.N[C@H]1CCCCC/C=C\[C@@H]2C[C@@]2(C(=O)NS(=O)(=O)C2CC2)NC(=O)[C@@H]2C[C@@H](Oc3nc4ccccc4nc3-c3cc4ccccc4o3)CN2C1=O. The highest BCUT2D eigenvalue weighted by molar-refractivity contribution is 7.91. The minimum absolute atomic E-state index is 0. The number of para-hydroxylation sites is 3. The van der Waals surface area contributed by atoms with Crippen LogP contribution in [0.2, 0.25) is 0 Å². The average Bonchev–Trinajstić information content (AvgIpc) is 4.01. The van der Waals surface area contributed by atoms with Crippen molar-refractivity contribution in [2.45, 2.75) is 86.8 Å². The molecule has 2 saturated carbocycles. The molecule has 15 heteroatoms. The van der Waals surface area contributed by atoms with Crippen LogP contribution in [0, 0.1) is 5.92 Å². The maximum absolute atomic E-state index is 14.2. The van der Waals surface area contributed by atoms with Gasteiger partial charge in [0.25, 0.3) is 5.91 Å². The van der Waals surface area contributed by atoms with Crippen LogP contribution >= 0.6 is 12.4 Å². The van der Waals surface area contributed by atoms with Crippen LogP contribution in [0.5, 0.6) is 5.88 Å². The number of ether oxygens (including phenoxy) is 1. The van der Waals surface area contributed by atoms with E-state index >= 15 is 0 Å². The largest absolute Gasteiger partial charge is 0.471 e. The zero-order chi connectivity index (χ0) is 35.3. The summed E-state index contributed by atoms with van der Waals surface area (Å²) in [6, 6.07) is 15.0. The Morgan fingerprint density at radius 1 is 1.02 bits per heavy atom. The number of nitrogens with zero attached hydrogens (tertiary/aromatic N) is 3. The summed E-state index contributed by atoms with van der Waals surface area (Å²) in [6.45, 7) is 0.0390. The van der Waals surface area contributed by atoms with E-state index in [1.165, 1.54) is 4.90 Å². The fourth-order valence-corrected chi connectivity index (χ4v) is 8.59. The first-order valence-electron chi connectivity index (χ1n) is 17.6. The molecule has 0 radical (unpaired) electrons. The van der Waals surface area contributed by atoms with Crippen molar-refractivity contribution in [3.63, 3.8) is 0 Å². The van der Waals surface area contributed by atoms with Crippen LogP contribution < -0.4 is 20.5 Å². The molecule has 2 aromatic carbocycles. The van der Waals surface area contributed by atoms with Crippen molar-refractivity contribution >= 4 is 62.2 Å². The van der Waals surface area contributed by atoms with E-state index in [4.69, 9.17) is 24.9 Å². The quantitative estimate of drug-likeness (QED) is 0.242. The molecule has 0 unspecified atom stereocenters. The summed E-state index contributed by atoms with van der Waals surface area (Å²) in [6.07, 6.45) is 8.17. The number of carbonyl (C=O) groups excluding carboxylic acids is 3. The number of aromatic nitrogens is 2. The van der Waals surface area contributed by atoms with Crippen LogP contribution in [0.3, 0.4) is 0 Å². The zero-order valence-corrected chi connectivity index (χ0v) is 30.0. The number of hydrogen-bond acceptors (Lipinski definition) is 10. The summed E-state index contributed by atoms with van der Waals surface area (Å²) in [5.74, 6) is -1.47. The van der Waals surface area contributed by atoms with Crippen LogP contribution in [0.4, 0.5) is 0 Å². The molecular weight excluding hydrogens is 708 g/mol. The van der Waals surface area contributed by atoms with E-state index in [9.17, 15) is 22.8 Å². The molecule has 3 fully saturated rings. The lowest BCUT2D eigenvalue weighted by Gasteiger charge is -2.28. The van der Waals surface area contributed by atoms with Gasteiger partial charge in [-0.15, -0.1) is 12.4 Å². The first-order chi connectivity index (χ1) is 24.6. The Morgan fingerprint density at radius 2 is 1.77 bits per heavy atom. The van der Waals surface area contributed by atoms with E-state index in [-0.39, 0.29) is 43.6 Å². The van der Waals surface area contributed by atoms with E-state index in [0.717, 1.165) is 31.1 Å². The van der Waals surface area contributed by atoms with Crippen LogP contribution in [0.15, 0.2) is 71.2 Å². The summed E-state index contributed by atoms with van der Waals surface area (Å²) >= 11 is 0. The predicted molar refractivity (Wildman–Crippen MR) is 196 cm³/mol. The highest BCUT2D eigenvalue weighted by atomic mass is 35.5. The summed E-state index contributed by atoms with van der Waals surface area (Å²) < 4.78 is 40.4. The molecule has 2 aliphatic heterocycles. The molecule has 1 saturated heterocycles. The summed E-state index contributed by atoms with van der Waals surface area (Å²) in [7, 11) is -3.86. The second kappa shape index (κ2) is 14.1. The van der Waals surface area contributed by atoms with Crippen molar-refractivity contribution < 1.29 is 32.0 Å². The standard InChI is InChI=1S/C37H40N6O7S.ClH/c38-26-12-5-3-1-2-4-11-23-20-37(23,36(46)42-51(47,48)25-16-17-25)41-33(44)29-19-24(21-43(29)35(26)45)49-34-32(39-27-13-7-8-14-28(27)40-34)31-18-22-10-6-9-15-30(22)50-31;/h4,6-11,13-15,18,23-26,29H,1-3,5,12,16-17,19-21,38H2,(H,41,44)(H,42,46);1H/b11-4-;/t23-,24-,26+,29+,37-;/m1./s1. The Bertz CT molecular complexity index is 2140. The van der Waals surface area contributed by atoms with E-state index in [0.29, 0.717) is 47.3 Å². The molecule has 0 spiro atoms. The molecule has 52 heavy (non-hydrogen) atoms. The highest BCUT2D eigenvalue weighted by Gasteiger charge is 2.62. The third-order valence-electron chi connectivity index (χ3n) is 10.4. The summed E-state index contributed by atoms with van der Waals surface area (Å²) in [5, 5.41) is 3.17. The molecule has 4 aromatic rings. The number of amides is 3. The van der Waals surface area contributed by atoms with Gasteiger partial charge in [-0.2, -0.15) is 0 Å². The van der Waals surface area contributed by atoms with Gasteiger partial charge in [0.2, 0.25) is 27.7 Å². The Labute approximate surface area is 307 Å². The van der Waals surface area contributed by atoms with Gasteiger partial charge in [0.15, 0.2) is 11.5 Å². The van der Waals surface area contributed by atoms with Gasteiger partial charge in [0, 0.05) is 17.7 Å². The second-order valence-corrected chi connectivity index (χ2v) is 16.1. The molecule has 2 aliphatic carbocycles. The van der Waals surface area contributed by atoms with Crippen LogP contribution in [0.25, 0.3) is 33.5 Å². The lowest BCUT2D eigenvalue weighted by atomic mass is 10.1. The monoisotopic (exact) mass is 748 g/mol. The highest BCUT2D eigenvalue weighted by Crippen LogP contribution is 2.46. The van der Waals surface area contributed by atoms with Crippen molar-refractivity contribution in [1.82, 2.24) is 24.9 Å². The lowest BCUT2D eigenvalue weighted by Crippen LogP contribution is -2.57. The van der Waals surface area contributed by atoms with Crippen LogP contribution in [-0.4, -0.2) is 76.5 Å². The van der Waals surface area contributed by atoms with E-state index in [1.54, 1.807) is 0 Å². The minimum Gasteiger partial charge on any atom is -0.471 e. The van der Waals surface area contributed by atoms with Gasteiger partial charge < -0.3 is 25.1 Å². The third kappa shape index (κ3) is 6.98. The molecular formula is C37H41ClN6O7S. The Morgan fingerprint density at radius 3 is 2.54 bits per heavy atom. The molecule has 0 bridgehead atoms. The van der Waals surface area contributed by atoms with Gasteiger partial charge in [-0.3, -0.25) is 19.1 Å². The zero-order valence-electron chi connectivity index (χ0n) is 28.4. The molecule has 4 aliphatic rings. The molecule has 5 atom stereocenters. The lowest BCUT2D eigenvalue weighted by molar-refractivity contribution is -0.140. The normalized spacial score (nSPS) is 27.4. The van der Waals surface area contributed by atoms with Gasteiger partial charge in [-0.25, -0.2) is 18.4 Å². The number of rotatable bonds is 6. The number of benzene rings is 2. The van der Waals surface area contributed by atoms with Crippen molar-refractivity contribution in [2.75, 3.05) is 6.54 Å². The van der Waals surface area contributed by atoms with Gasteiger partial charge in [0.05, 0.1) is 28.9 Å². The molecule has 2 aromatic heterocycles. The number of sulfonamides is 1. The smallest absolute Gasteiger partial charge is 0.259 e. The Hall–Kier alpha value is -4.53. The molecule has 4 heterocycles. The minimum atomic E-state index is -3.86. The average molecular weight is 749 g/mol. The number of allylic oxidation sites excluding steroid dienone is 1. The number of halogens is 1. The van der Waals surface area contributed by atoms with Crippen molar-refractivity contribution in [3.8, 4) is 17.3 Å². The summed E-state index contributed by atoms with van der Waals surface area (Å²) in [5.41, 5.74) is 7.26. The second-order valence-electron chi connectivity index (χ2n) is 14.1. The fraction of sp³-hybridized carbons (Fsp3) is 0.432. The molecule has 13 nitrogen and oxygen atoms in total. The number of furan rings is 1. The fourth-order valence-electron chi connectivity index (χ4n) is 7.23. The predicted octanol–water partition coefficient (Wildman–Crippen LogP) is 4.14. The number of fused-ring (bicyclic) bond motifs is 4. The van der Waals surface area contributed by atoms with Gasteiger partial charge in [-0.1, -0.05) is 55.3 Å². The van der Waals surface area contributed by atoms with Gasteiger partial charge >= 0.3 is 0 Å². The van der Waals surface area contributed by atoms with E-state index in [2.05, 4.69) is 10.0 Å². The van der Waals surface area contributed by atoms with Crippen LogP contribution in [-0.2, 0) is 24.4 Å². The molecule has 4 N–H and O–H groups in total. The first kappa shape index (κ1) is 35.9. The Balaban J connectivity index is 0.00000420. The molecule has 274 valence electrons. The number of hydrogen-bond donors (Lipinski definition) is 3. The number of nitrogens with two attached hydrogens (primary N) is 1. The van der Waals surface area contributed by atoms with E-state index in [1.807, 2.05) is 66.7 Å². The maximum Gasteiger partial charge on any atom is 0.259 e. The Kier molecular flexibility index (Phi) is 9.74.